The molecule has 20 heavy (non-hydrogen) atoms. The Balaban J connectivity index is 2.09. The smallest absolute Gasteiger partial charge is 0.277 e. The number of fused-ring (bicyclic) bond motifs is 1. The minimum absolute atomic E-state index is 0.0944. The fraction of sp³-hybridized carbons (Fsp3) is 0.455. The maximum atomic E-state index is 14.1. The molecule has 0 saturated carbocycles. The van der Waals surface area contributed by atoms with Crippen molar-refractivity contribution in [3.8, 4) is 0 Å². The van der Waals surface area contributed by atoms with Crippen LogP contribution in [0.3, 0.4) is 0 Å². The van der Waals surface area contributed by atoms with Gasteiger partial charge in [0, 0.05) is 6.07 Å². The first kappa shape index (κ1) is 13.0. The van der Waals surface area contributed by atoms with Gasteiger partial charge in [0.2, 0.25) is 0 Å². The summed E-state index contributed by atoms with van der Waals surface area (Å²) in [5, 5.41) is 18.6. The standard InChI is InChI=1S/C11H13FN4O4/c12-7-9(18)5(2-17)20-11(7)16-3-14-8-4(16)1-6(13)15-10(8)19/h1,3,5,7,9,11,17-18H,2H2,(H3,13,15,19)/t5-,7-,9-,11-/m0/s1. The van der Waals surface area contributed by atoms with Crippen molar-refractivity contribution in [3.63, 3.8) is 0 Å². The average molecular weight is 284 g/mol. The van der Waals surface area contributed by atoms with E-state index in [0.717, 1.165) is 0 Å². The molecule has 1 saturated heterocycles. The molecule has 9 heteroatoms. The van der Waals surface area contributed by atoms with Crippen molar-refractivity contribution in [2.45, 2.75) is 24.6 Å². The molecule has 5 N–H and O–H groups in total. The third kappa shape index (κ3) is 1.79. The molecule has 2 aromatic rings. The normalized spacial score (nSPS) is 30.1. The van der Waals surface area contributed by atoms with Crippen LogP contribution in [0.4, 0.5) is 10.2 Å². The minimum Gasteiger partial charge on any atom is -0.394 e. The van der Waals surface area contributed by atoms with Crippen LogP contribution in [-0.4, -0.2) is 49.7 Å². The Morgan fingerprint density at radius 1 is 1.60 bits per heavy atom. The highest BCUT2D eigenvalue weighted by Crippen LogP contribution is 2.33. The molecule has 108 valence electrons. The van der Waals surface area contributed by atoms with Gasteiger partial charge in [0.15, 0.2) is 17.9 Å². The molecule has 0 bridgehead atoms. The highest BCUT2D eigenvalue weighted by atomic mass is 19.1. The molecule has 3 rings (SSSR count). The molecule has 0 unspecified atom stereocenters. The van der Waals surface area contributed by atoms with Crippen LogP contribution in [0.5, 0.6) is 0 Å². The number of imidazole rings is 1. The third-order valence-corrected chi connectivity index (χ3v) is 3.35. The van der Waals surface area contributed by atoms with Crippen LogP contribution in [0.25, 0.3) is 11.0 Å². The first-order valence-corrected chi connectivity index (χ1v) is 5.96. The van der Waals surface area contributed by atoms with Crippen LogP contribution in [0.15, 0.2) is 17.2 Å². The van der Waals surface area contributed by atoms with E-state index in [-0.39, 0.29) is 11.3 Å². The number of hydrogen-bond donors (Lipinski definition) is 4. The fourth-order valence-corrected chi connectivity index (χ4v) is 2.34. The number of aliphatic hydroxyl groups is 2. The second-order valence-corrected chi connectivity index (χ2v) is 4.62. The van der Waals surface area contributed by atoms with Crippen molar-refractivity contribution >= 4 is 16.9 Å². The number of pyridine rings is 1. The molecule has 4 atom stereocenters. The van der Waals surface area contributed by atoms with Crippen molar-refractivity contribution in [2.75, 3.05) is 12.3 Å². The van der Waals surface area contributed by atoms with Crippen LogP contribution in [0.2, 0.25) is 0 Å². The summed E-state index contributed by atoms with van der Waals surface area (Å²) in [5.74, 6) is 0.108. The number of ether oxygens (including phenoxy) is 1. The highest BCUT2D eigenvalue weighted by molar-refractivity contribution is 5.76. The number of nitrogens with two attached hydrogens (primary N) is 1. The zero-order valence-electron chi connectivity index (χ0n) is 10.2. The van der Waals surface area contributed by atoms with Crippen molar-refractivity contribution in [1.29, 1.82) is 0 Å². The number of hydrogen-bond acceptors (Lipinski definition) is 6. The van der Waals surface area contributed by atoms with Crippen LogP contribution in [0, 0.1) is 0 Å². The Morgan fingerprint density at radius 2 is 2.35 bits per heavy atom. The van der Waals surface area contributed by atoms with Gasteiger partial charge in [-0.15, -0.1) is 0 Å². The van der Waals surface area contributed by atoms with E-state index in [1.165, 1.54) is 17.0 Å². The quantitative estimate of drug-likeness (QED) is 0.554. The first-order valence-electron chi connectivity index (χ1n) is 5.96. The Bertz CT molecular complexity index is 699. The molecule has 1 aliphatic rings. The highest BCUT2D eigenvalue weighted by Gasteiger charge is 2.45. The number of rotatable bonds is 2. The number of aliphatic hydroxyl groups excluding tert-OH is 2. The predicted molar refractivity (Wildman–Crippen MR) is 66.7 cm³/mol. The number of halogens is 1. The number of nitrogen functional groups attached to an aromatic ring is 1. The number of H-pyrrole nitrogens is 1. The van der Waals surface area contributed by atoms with Gasteiger partial charge in [-0.1, -0.05) is 0 Å². The monoisotopic (exact) mass is 284 g/mol. The topological polar surface area (TPSA) is 126 Å². The molecular formula is C11H13FN4O4. The lowest BCUT2D eigenvalue weighted by atomic mass is 10.1. The van der Waals surface area contributed by atoms with Gasteiger partial charge < -0.3 is 30.2 Å². The van der Waals surface area contributed by atoms with Crippen molar-refractivity contribution in [3.05, 3.63) is 22.7 Å². The second-order valence-electron chi connectivity index (χ2n) is 4.62. The van der Waals surface area contributed by atoms with Gasteiger partial charge >= 0.3 is 0 Å². The van der Waals surface area contributed by atoms with Gasteiger partial charge in [0.1, 0.15) is 18.0 Å². The summed E-state index contributed by atoms with van der Waals surface area (Å²) in [7, 11) is 0. The van der Waals surface area contributed by atoms with Crippen molar-refractivity contribution in [1.82, 2.24) is 14.5 Å². The first-order chi connectivity index (χ1) is 9.52. The van der Waals surface area contributed by atoms with Gasteiger partial charge in [0.05, 0.1) is 18.5 Å². The summed E-state index contributed by atoms with van der Waals surface area (Å²) >= 11 is 0. The van der Waals surface area contributed by atoms with Crippen LogP contribution in [-0.2, 0) is 4.74 Å². The summed E-state index contributed by atoms with van der Waals surface area (Å²) < 4.78 is 20.6. The maximum Gasteiger partial charge on any atom is 0.277 e. The Morgan fingerprint density at radius 3 is 3.00 bits per heavy atom. The lowest BCUT2D eigenvalue weighted by Gasteiger charge is -2.15. The molecule has 0 amide bonds. The van der Waals surface area contributed by atoms with Gasteiger partial charge in [-0.05, 0) is 0 Å². The van der Waals surface area contributed by atoms with Crippen LogP contribution >= 0.6 is 0 Å². The summed E-state index contributed by atoms with van der Waals surface area (Å²) in [6, 6.07) is 1.43. The number of nitrogens with one attached hydrogen (secondary N) is 1. The van der Waals surface area contributed by atoms with E-state index in [1.54, 1.807) is 0 Å². The van der Waals surface area contributed by atoms with Crippen LogP contribution in [0.1, 0.15) is 6.23 Å². The van der Waals surface area contributed by atoms with Gasteiger partial charge in [0.25, 0.3) is 5.56 Å². The number of anilines is 1. The SMILES string of the molecule is Nc1cc2c(ncn2[C@H]2O[C@@H](CO)[C@H](O)[C@@H]2F)c(=O)[nH]1. The zero-order chi connectivity index (χ0) is 14.4. The lowest BCUT2D eigenvalue weighted by molar-refractivity contribution is -0.0457. The van der Waals surface area contributed by atoms with E-state index in [0.29, 0.717) is 5.52 Å². The van der Waals surface area contributed by atoms with Crippen molar-refractivity contribution < 1.29 is 19.3 Å². The Hall–Kier alpha value is -1.97. The third-order valence-electron chi connectivity index (χ3n) is 3.35. The van der Waals surface area contributed by atoms with Gasteiger partial charge in [-0.25, -0.2) is 9.37 Å². The number of alkyl halides is 1. The second kappa shape index (κ2) is 4.54. The molecule has 0 spiro atoms. The predicted octanol–water partition coefficient (Wildman–Crippen LogP) is -1.10. The van der Waals surface area contributed by atoms with Gasteiger partial charge in [-0.3, -0.25) is 4.79 Å². The number of nitrogens with zero attached hydrogens (tertiary/aromatic N) is 2. The number of aromatic amines is 1. The molecule has 0 aromatic carbocycles. The summed E-state index contributed by atoms with van der Waals surface area (Å²) in [4.78, 5) is 17.9. The van der Waals surface area contributed by atoms with E-state index in [9.17, 15) is 14.3 Å². The van der Waals surface area contributed by atoms with Crippen LogP contribution < -0.4 is 11.3 Å². The number of aromatic nitrogens is 3. The summed E-state index contributed by atoms with van der Waals surface area (Å²) in [5.41, 5.74) is 5.44. The molecule has 0 radical (unpaired) electrons. The maximum absolute atomic E-state index is 14.1. The summed E-state index contributed by atoms with van der Waals surface area (Å²) in [6.45, 7) is -0.507. The Kier molecular flexibility index (Phi) is 2.96. The zero-order valence-corrected chi connectivity index (χ0v) is 10.2. The van der Waals surface area contributed by atoms with E-state index in [1.807, 2.05) is 0 Å². The molecule has 0 aliphatic carbocycles. The fourth-order valence-electron chi connectivity index (χ4n) is 2.34. The van der Waals surface area contributed by atoms with Gasteiger partial charge in [-0.2, -0.15) is 0 Å². The molecular weight excluding hydrogens is 271 g/mol. The molecule has 1 aliphatic heterocycles. The summed E-state index contributed by atoms with van der Waals surface area (Å²) in [6.07, 6.45) is -4.14. The lowest BCUT2D eigenvalue weighted by Crippen LogP contribution is -2.30. The molecule has 2 aromatic heterocycles. The van der Waals surface area contributed by atoms with E-state index < -0.39 is 36.8 Å². The van der Waals surface area contributed by atoms with E-state index in [4.69, 9.17) is 15.6 Å². The average Bonchev–Trinajstić information content (AvgIpc) is 2.93. The van der Waals surface area contributed by atoms with E-state index in [2.05, 4.69) is 9.97 Å². The molecule has 8 nitrogen and oxygen atoms in total. The van der Waals surface area contributed by atoms with Crippen molar-refractivity contribution in [2.24, 2.45) is 0 Å². The molecule has 1 fully saturated rings. The largest absolute Gasteiger partial charge is 0.394 e. The minimum atomic E-state index is -1.75. The molecule has 3 heterocycles. The Labute approximate surface area is 111 Å². The van der Waals surface area contributed by atoms with E-state index >= 15 is 0 Å².